The van der Waals surface area contributed by atoms with Crippen LogP contribution in [0.15, 0.2) is 29.2 Å². The number of aromatic nitrogens is 1. The Labute approximate surface area is 175 Å². The standard InChI is InChI=1S/C20H19F2N3O6/c1-23-10-24-8-13(15(26)6-4-11-3-5-12(21)7-14(11)22)18(28)19(29)17(24)20(30)25(23)9-16(27)31-2/h3,5,7-8,29H,4,6,9-10H2,1-2H3. The summed E-state index contributed by atoms with van der Waals surface area (Å²) in [5.74, 6) is -4.68. The summed E-state index contributed by atoms with van der Waals surface area (Å²) in [6.07, 6.45) is 0.790. The predicted molar refractivity (Wildman–Crippen MR) is 102 cm³/mol. The fraction of sp³-hybridized carbons (Fsp3) is 0.300. The highest BCUT2D eigenvalue weighted by molar-refractivity contribution is 6.00. The number of nitrogens with zero attached hydrogens (tertiary/aromatic N) is 3. The van der Waals surface area contributed by atoms with Crippen LogP contribution in [-0.4, -0.2) is 58.1 Å². The molecule has 1 amide bonds. The number of hydrazine groups is 1. The lowest BCUT2D eigenvalue weighted by molar-refractivity contribution is -0.146. The van der Waals surface area contributed by atoms with Gasteiger partial charge in [0, 0.05) is 25.7 Å². The van der Waals surface area contributed by atoms with Crippen molar-refractivity contribution in [3.63, 3.8) is 0 Å². The molecule has 0 spiro atoms. The molecule has 1 aromatic heterocycles. The molecule has 1 aliphatic rings. The average molecular weight is 435 g/mol. The Bertz CT molecular complexity index is 1130. The second-order valence-electron chi connectivity index (χ2n) is 6.94. The molecule has 31 heavy (non-hydrogen) atoms. The molecular formula is C20H19F2N3O6. The number of benzene rings is 1. The molecule has 3 rings (SSSR count). The Morgan fingerprint density at radius 2 is 1.94 bits per heavy atom. The number of fused-ring (bicyclic) bond motifs is 1. The van der Waals surface area contributed by atoms with Crippen molar-refractivity contribution in [2.24, 2.45) is 0 Å². The summed E-state index contributed by atoms with van der Waals surface area (Å²) in [5.41, 5.74) is -1.68. The van der Waals surface area contributed by atoms with Crippen LogP contribution in [0.5, 0.6) is 5.75 Å². The lowest BCUT2D eigenvalue weighted by Gasteiger charge is -2.37. The Morgan fingerprint density at radius 3 is 2.58 bits per heavy atom. The third kappa shape index (κ3) is 4.31. The molecule has 2 heterocycles. The van der Waals surface area contributed by atoms with Crippen molar-refractivity contribution in [2.45, 2.75) is 19.5 Å². The van der Waals surface area contributed by atoms with E-state index in [4.69, 9.17) is 0 Å². The van der Waals surface area contributed by atoms with Gasteiger partial charge in [-0.05, 0) is 18.1 Å². The van der Waals surface area contributed by atoms with Gasteiger partial charge in [0.1, 0.15) is 18.2 Å². The molecule has 164 valence electrons. The Balaban J connectivity index is 1.88. The Morgan fingerprint density at radius 1 is 1.23 bits per heavy atom. The highest BCUT2D eigenvalue weighted by Gasteiger charge is 2.34. The fourth-order valence-electron chi connectivity index (χ4n) is 3.25. The summed E-state index contributed by atoms with van der Waals surface area (Å²) in [6, 6.07) is 2.96. The number of halogens is 2. The molecule has 9 nitrogen and oxygen atoms in total. The summed E-state index contributed by atoms with van der Waals surface area (Å²) in [6.45, 7) is -0.470. The van der Waals surface area contributed by atoms with Crippen molar-refractivity contribution >= 4 is 17.7 Å². The number of esters is 1. The van der Waals surface area contributed by atoms with Gasteiger partial charge in [-0.3, -0.25) is 24.2 Å². The van der Waals surface area contributed by atoms with Crippen molar-refractivity contribution in [3.05, 3.63) is 63.1 Å². The zero-order valence-electron chi connectivity index (χ0n) is 16.7. The number of carbonyl (C=O) groups is 3. The third-order valence-electron chi connectivity index (χ3n) is 4.91. The SMILES string of the molecule is COC(=O)CN1C(=O)c2c(O)c(=O)c(C(=O)CCc3ccc(F)cc3F)cn2CN1C. The van der Waals surface area contributed by atoms with Crippen LogP contribution in [0.1, 0.15) is 32.8 Å². The monoisotopic (exact) mass is 435 g/mol. The van der Waals surface area contributed by atoms with Crippen molar-refractivity contribution in [1.29, 1.82) is 0 Å². The molecule has 1 aromatic carbocycles. The number of ketones is 1. The van der Waals surface area contributed by atoms with Gasteiger partial charge in [-0.1, -0.05) is 6.07 Å². The molecule has 0 aliphatic carbocycles. The minimum atomic E-state index is -1.05. The largest absolute Gasteiger partial charge is 0.503 e. The summed E-state index contributed by atoms with van der Waals surface area (Å²) in [5, 5.41) is 12.7. The summed E-state index contributed by atoms with van der Waals surface area (Å²) in [4.78, 5) is 49.4. The van der Waals surface area contributed by atoms with E-state index in [0.29, 0.717) is 6.07 Å². The summed E-state index contributed by atoms with van der Waals surface area (Å²) < 4.78 is 32.5. The number of pyridine rings is 1. The molecule has 11 heteroatoms. The van der Waals surface area contributed by atoms with Gasteiger partial charge in [-0.2, -0.15) is 0 Å². The number of carbonyl (C=O) groups excluding carboxylic acids is 3. The Kier molecular flexibility index (Phi) is 6.16. The first-order valence-electron chi connectivity index (χ1n) is 9.17. The highest BCUT2D eigenvalue weighted by atomic mass is 19.1. The van der Waals surface area contributed by atoms with Gasteiger partial charge < -0.3 is 14.4 Å². The van der Waals surface area contributed by atoms with Gasteiger partial charge in [-0.25, -0.2) is 13.8 Å². The Hall–Kier alpha value is -3.60. The van der Waals surface area contributed by atoms with Crippen molar-refractivity contribution in [1.82, 2.24) is 14.6 Å². The van der Waals surface area contributed by atoms with Crippen molar-refractivity contribution in [2.75, 3.05) is 20.7 Å². The van der Waals surface area contributed by atoms with E-state index in [2.05, 4.69) is 4.74 Å². The lowest BCUT2D eigenvalue weighted by atomic mass is 10.0. The van der Waals surface area contributed by atoms with Crippen LogP contribution in [0.3, 0.4) is 0 Å². The van der Waals surface area contributed by atoms with E-state index < -0.39 is 47.0 Å². The number of rotatable bonds is 6. The van der Waals surface area contributed by atoms with E-state index in [9.17, 15) is 33.1 Å². The number of aryl methyl sites for hydroxylation is 1. The zero-order valence-corrected chi connectivity index (χ0v) is 16.7. The minimum absolute atomic E-state index is 0.0429. The van der Waals surface area contributed by atoms with E-state index in [-0.39, 0.29) is 36.3 Å². The van der Waals surface area contributed by atoms with Crippen LogP contribution in [0.25, 0.3) is 0 Å². The van der Waals surface area contributed by atoms with Gasteiger partial charge >= 0.3 is 5.97 Å². The lowest BCUT2D eigenvalue weighted by Crippen LogP contribution is -2.52. The molecule has 0 saturated carbocycles. The number of Topliss-reactive ketones (excluding diaryl/α,β-unsaturated/α-hetero) is 1. The van der Waals surface area contributed by atoms with Gasteiger partial charge in [-0.15, -0.1) is 0 Å². The first-order valence-corrected chi connectivity index (χ1v) is 9.17. The maximum Gasteiger partial charge on any atom is 0.327 e. The average Bonchev–Trinajstić information content (AvgIpc) is 2.72. The number of amides is 1. The minimum Gasteiger partial charge on any atom is -0.503 e. The summed E-state index contributed by atoms with van der Waals surface area (Å²) in [7, 11) is 2.65. The van der Waals surface area contributed by atoms with Crippen LogP contribution < -0.4 is 5.43 Å². The number of aromatic hydroxyl groups is 1. The van der Waals surface area contributed by atoms with Gasteiger partial charge in [0.2, 0.25) is 5.43 Å². The van der Waals surface area contributed by atoms with E-state index >= 15 is 0 Å². The molecule has 1 N–H and O–H groups in total. The molecule has 0 bridgehead atoms. The molecule has 0 fully saturated rings. The molecule has 0 atom stereocenters. The predicted octanol–water partition coefficient (Wildman–Crippen LogP) is 1.08. The van der Waals surface area contributed by atoms with E-state index in [1.165, 1.54) is 22.7 Å². The first kappa shape index (κ1) is 22.1. The molecule has 0 unspecified atom stereocenters. The fourth-order valence-corrected chi connectivity index (χ4v) is 3.25. The maximum atomic E-state index is 13.8. The summed E-state index contributed by atoms with van der Waals surface area (Å²) >= 11 is 0. The second-order valence-corrected chi connectivity index (χ2v) is 6.94. The van der Waals surface area contributed by atoms with Crippen LogP contribution in [0, 0.1) is 11.6 Å². The van der Waals surface area contributed by atoms with E-state index in [1.54, 1.807) is 0 Å². The first-order chi connectivity index (χ1) is 14.6. The van der Waals surface area contributed by atoms with E-state index in [0.717, 1.165) is 24.4 Å². The number of hydrogen-bond donors (Lipinski definition) is 1. The quantitative estimate of drug-likeness (QED) is 0.534. The number of methoxy groups -OCH3 is 1. The molecule has 0 saturated heterocycles. The van der Waals surface area contributed by atoms with Gasteiger partial charge in [0.05, 0.1) is 19.3 Å². The van der Waals surface area contributed by atoms with Crippen LogP contribution in [0.4, 0.5) is 8.78 Å². The van der Waals surface area contributed by atoms with Crippen LogP contribution in [0.2, 0.25) is 0 Å². The van der Waals surface area contributed by atoms with Crippen molar-refractivity contribution in [3.8, 4) is 5.75 Å². The highest BCUT2D eigenvalue weighted by Crippen LogP contribution is 2.23. The normalized spacial score (nSPS) is 13.8. The third-order valence-corrected chi connectivity index (χ3v) is 4.91. The topological polar surface area (TPSA) is 109 Å². The molecule has 0 radical (unpaired) electrons. The van der Waals surface area contributed by atoms with Gasteiger partial charge in [0.25, 0.3) is 5.91 Å². The molecule has 1 aliphatic heterocycles. The van der Waals surface area contributed by atoms with Gasteiger partial charge in [0.15, 0.2) is 17.2 Å². The van der Waals surface area contributed by atoms with Crippen molar-refractivity contribution < 1.29 is 33.0 Å². The number of ether oxygens (including phenoxy) is 1. The zero-order chi connectivity index (χ0) is 22.9. The van der Waals surface area contributed by atoms with Crippen LogP contribution >= 0.6 is 0 Å². The molecule has 2 aromatic rings. The molecular weight excluding hydrogens is 416 g/mol. The smallest absolute Gasteiger partial charge is 0.327 e. The second kappa shape index (κ2) is 8.64. The maximum absolute atomic E-state index is 13.8. The van der Waals surface area contributed by atoms with Crippen LogP contribution in [-0.2, 0) is 22.6 Å². The number of hydrogen-bond acceptors (Lipinski definition) is 7. The van der Waals surface area contributed by atoms with E-state index in [1.807, 2.05) is 0 Å².